The maximum Gasteiger partial charge on any atom is 0.250 e. The summed E-state index contributed by atoms with van der Waals surface area (Å²) in [7, 11) is 0. The predicted molar refractivity (Wildman–Crippen MR) is 83.2 cm³/mol. The molecule has 2 rings (SSSR count). The average molecular weight is 289 g/mol. The van der Waals surface area contributed by atoms with Crippen LogP contribution in [0.5, 0.6) is 0 Å². The molecule has 2 N–H and O–H groups in total. The van der Waals surface area contributed by atoms with E-state index in [1.165, 1.54) is 0 Å². The molecule has 3 nitrogen and oxygen atoms in total. The molecule has 104 valence electrons. The highest BCUT2D eigenvalue weighted by atomic mass is 35.5. The Balaban J connectivity index is 2.31. The third-order valence-electron chi connectivity index (χ3n) is 3.08. The Labute approximate surface area is 124 Å². The number of carbonyl (C=O) groups is 1. The van der Waals surface area contributed by atoms with E-state index in [2.05, 4.69) is 4.90 Å². The Hall–Kier alpha value is -2.00. The number of amides is 1. The van der Waals surface area contributed by atoms with Crippen molar-refractivity contribution in [3.05, 3.63) is 65.7 Å². The van der Waals surface area contributed by atoms with Crippen LogP contribution in [0.2, 0.25) is 0 Å². The van der Waals surface area contributed by atoms with E-state index in [-0.39, 0.29) is 0 Å². The number of carbonyl (C=O) groups excluding carboxylic acids is 1. The van der Waals surface area contributed by atoms with E-state index in [4.69, 9.17) is 17.3 Å². The summed E-state index contributed by atoms with van der Waals surface area (Å²) in [6, 6.07) is 17.4. The lowest BCUT2D eigenvalue weighted by Gasteiger charge is -2.25. The van der Waals surface area contributed by atoms with E-state index in [0.717, 1.165) is 11.3 Å². The highest BCUT2D eigenvalue weighted by Crippen LogP contribution is 2.22. The molecule has 0 aliphatic heterocycles. The van der Waals surface area contributed by atoms with Gasteiger partial charge in [-0.25, -0.2) is 0 Å². The van der Waals surface area contributed by atoms with Crippen molar-refractivity contribution in [2.24, 2.45) is 5.73 Å². The molecule has 0 spiro atoms. The number of hydrogen-bond acceptors (Lipinski definition) is 2. The van der Waals surface area contributed by atoms with Gasteiger partial charge >= 0.3 is 0 Å². The van der Waals surface area contributed by atoms with Crippen LogP contribution in [0.4, 0.5) is 5.69 Å². The number of hydrogen-bond donors (Lipinski definition) is 1. The third-order valence-corrected chi connectivity index (χ3v) is 3.25. The lowest BCUT2D eigenvalue weighted by Crippen LogP contribution is -2.27. The molecule has 0 bridgehead atoms. The second-order valence-corrected chi connectivity index (χ2v) is 4.86. The fraction of sp³-hybridized carbons (Fsp3) is 0.188. The molecule has 0 radical (unpaired) electrons. The summed E-state index contributed by atoms with van der Waals surface area (Å²) in [5.41, 5.74) is 7.95. The molecule has 0 saturated heterocycles. The van der Waals surface area contributed by atoms with Gasteiger partial charge in [-0.1, -0.05) is 42.5 Å². The number of nitrogens with zero attached hydrogens (tertiary/aromatic N) is 1. The first-order valence-corrected chi connectivity index (χ1v) is 6.99. The minimum absolute atomic E-state index is 0.423. The first-order valence-electron chi connectivity index (χ1n) is 6.46. The number of benzene rings is 2. The molecule has 0 unspecified atom stereocenters. The van der Waals surface area contributed by atoms with Crippen molar-refractivity contribution in [1.29, 1.82) is 0 Å². The van der Waals surface area contributed by atoms with Crippen LogP contribution in [0, 0.1) is 0 Å². The SMILES string of the molecule is NC(=O)c1ccccc1N(CCCl)Cc1ccccc1. The predicted octanol–water partition coefficient (Wildman–Crippen LogP) is 3.03. The quantitative estimate of drug-likeness (QED) is 0.831. The van der Waals surface area contributed by atoms with Crippen LogP contribution in [0.3, 0.4) is 0 Å². The summed E-state index contributed by atoms with van der Waals surface area (Å²) in [5.74, 6) is 0.0631. The zero-order valence-electron chi connectivity index (χ0n) is 11.1. The third kappa shape index (κ3) is 3.52. The van der Waals surface area contributed by atoms with Crippen molar-refractivity contribution < 1.29 is 4.79 Å². The van der Waals surface area contributed by atoms with Crippen LogP contribution in [0.1, 0.15) is 15.9 Å². The van der Waals surface area contributed by atoms with Gasteiger partial charge in [0.15, 0.2) is 0 Å². The van der Waals surface area contributed by atoms with Crippen LogP contribution in [0.25, 0.3) is 0 Å². The summed E-state index contributed by atoms with van der Waals surface area (Å²) in [6.45, 7) is 1.35. The second kappa shape index (κ2) is 6.96. The minimum atomic E-state index is -0.423. The first-order chi connectivity index (χ1) is 9.72. The van der Waals surface area contributed by atoms with E-state index in [1.54, 1.807) is 6.07 Å². The molecule has 2 aromatic carbocycles. The number of primary amides is 1. The van der Waals surface area contributed by atoms with Gasteiger partial charge in [0.25, 0.3) is 5.91 Å². The van der Waals surface area contributed by atoms with Gasteiger partial charge in [0.2, 0.25) is 0 Å². The van der Waals surface area contributed by atoms with E-state index < -0.39 is 5.91 Å². The Morgan fingerprint density at radius 3 is 2.35 bits per heavy atom. The van der Waals surface area contributed by atoms with Crippen molar-refractivity contribution in [3.63, 3.8) is 0 Å². The minimum Gasteiger partial charge on any atom is -0.366 e. The number of alkyl halides is 1. The number of para-hydroxylation sites is 1. The van der Waals surface area contributed by atoms with Gasteiger partial charge in [-0.3, -0.25) is 4.79 Å². The zero-order valence-corrected chi connectivity index (χ0v) is 11.9. The molecule has 0 aliphatic carbocycles. The maximum atomic E-state index is 11.5. The largest absolute Gasteiger partial charge is 0.366 e. The summed E-state index contributed by atoms with van der Waals surface area (Å²) in [5, 5.41) is 0. The lowest BCUT2D eigenvalue weighted by molar-refractivity contribution is 0.100. The van der Waals surface area contributed by atoms with Gasteiger partial charge in [0.1, 0.15) is 0 Å². The van der Waals surface area contributed by atoms with E-state index in [1.807, 2.05) is 48.5 Å². The fourth-order valence-corrected chi connectivity index (χ4v) is 2.35. The van der Waals surface area contributed by atoms with Crippen molar-refractivity contribution >= 4 is 23.2 Å². The van der Waals surface area contributed by atoms with Crippen LogP contribution < -0.4 is 10.6 Å². The van der Waals surface area contributed by atoms with Crippen molar-refractivity contribution in [2.45, 2.75) is 6.54 Å². The van der Waals surface area contributed by atoms with Gasteiger partial charge in [0, 0.05) is 24.7 Å². The molecule has 4 heteroatoms. The van der Waals surface area contributed by atoms with Crippen LogP contribution >= 0.6 is 11.6 Å². The molecular weight excluding hydrogens is 272 g/mol. The first kappa shape index (κ1) is 14.4. The average Bonchev–Trinajstić information content (AvgIpc) is 2.48. The van der Waals surface area contributed by atoms with Crippen LogP contribution in [-0.2, 0) is 6.54 Å². The number of anilines is 1. The number of rotatable bonds is 6. The lowest BCUT2D eigenvalue weighted by atomic mass is 10.1. The summed E-state index contributed by atoms with van der Waals surface area (Å²) in [6.07, 6.45) is 0. The van der Waals surface area contributed by atoms with E-state index >= 15 is 0 Å². The molecular formula is C16H17ClN2O. The fourth-order valence-electron chi connectivity index (χ4n) is 2.15. The molecule has 0 heterocycles. The molecule has 0 aliphatic rings. The molecule has 20 heavy (non-hydrogen) atoms. The molecule has 1 amide bonds. The number of halogens is 1. The van der Waals surface area contributed by atoms with E-state index in [9.17, 15) is 4.79 Å². The highest BCUT2D eigenvalue weighted by molar-refractivity contribution is 6.18. The monoisotopic (exact) mass is 288 g/mol. The Bertz CT molecular complexity index is 572. The van der Waals surface area contributed by atoms with Crippen LogP contribution in [-0.4, -0.2) is 18.3 Å². The van der Waals surface area contributed by atoms with Gasteiger partial charge in [0.05, 0.1) is 5.56 Å². The topological polar surface area (TPSA) is 46.3 Å². The van der Waals surface area contributed by atoms with Gasteiger partial charge in [-0.2, -0.15) is 0 Å². The Kier molecular flexibility index (Phi) is 5.02. The Morgan fingerprint density at radius 1 is 1.05 bits per heavy atom. The Morgan fingerprint density at radius 2 is 1.70 bits per heavy atom. The van der Waals surface area contributed by atoms with Crippen molar-refractivity contribution in [3.8, 4) is 0 Å². The van der Waals surface area contributed by atoms with Gasteiger partial charge in [-0.15, -0.1) is 11.6 Å². The molecule has 0 aromatic heterocycles. The van der Waals surface area contributed by atoms with Crippen molar-refractivity contribution in [1.82, 2.24) is 0 Å². The maximum absolute atomic E-state index is 11.5. The molecule has 0 atom stereocenters. The van der Waals surface area contributed by atoms with Crippen molar-refractivity contribution in [2.75, 3.05) is 17.3 Å². The standard InChI is InChI=1S/C16H17ClN2O/c17-10-11-19(12-13-6-2-1-3-7-13)15-9-5-4-8-14(15)16(18)20/h1-9H,10-12H2,(H2,18,20). The zero-order chi connectivity index (χ0) is 14.4. The summed E-state index contributed by atoms with van der Waals surface area (Å²) < 4.78 is 0. The van der Waals surface area contributed by atoms with Crippen LogP contribution in [0.15, 0.2) is 54.6 Å². The highest BCUT2D eigenvalue weighted by Gasteiger charge is 2.14. The summed E-state index contributed by atoms with van der Waals surface area (Å²) in [4.78, 5) is 13.6. The second-order valence-electron chi connectivity index (χ2n) is 4.48. The smallest absolute Gasteiger partial charge is 0.250 e. The van der Waals surface area contributed by atoms with E-state index in [0.29, 0.717) is 24.5 Å². The summed E-state index contributed by atoms with van der Waals surface area (Å²) >= 11 is 5.89. The number of nitrogens with two attached hydrogens (primary N) is 1. The van der Waals surface area contributed by atoms with Gasteiger partial charge in [-0.05, 0) is 17.7 Å². The molecule has 0 saturated carbocycles. The molecule has 0 fully saturated rings. The molecule has 2 aromatic rings. The normalized spacial score (nSPS) is 10.2. The van der Waals surface area contributed by atoms with Gasteiger partial charge < -0.3 is 10.6 Å².